The predicted octanol–water partition coefficient (Wildman–Crippen LogP) is 5.18. The van der Waals surface area contributed by atoms with Crippen molar-refractivity contribution in [3.05, 3.63) is 64.7 Å². The minimum atomic E-state index is -0.284. The van der Waals surface area contributed by atoms with E-state index in [2.05, 4.69) is 4.98 Å². The van der Waals surface area contributed by atoms with Crippen molar-refractivity contribution in [2.45, 2.75) is 18.8 Å². The third-order valence-corrected chi connectivity index (χ3v) is 3.80. The number of aromatic nitrogens is 2. The summed E-state index contributed by atoms with van der Waals surface area (Å²) in [7, 11) is 0. The van der Waals surface area contributed by atoms with E-state index < -0.39 is 0 Å². The molecule has 0 bridgehead atoms. The minimum Gasteiger partial charge on any atom is -0.322 e. The van der Waals surface area contributed by atoms with Crippen molar-refractivity contribution in [1.29, 1.82) is 0 Å². The molecule has 5 heteroatoms. The molecule has 1 atom stereocenters. The molecule has 3 rings (SSSR count). The van der Waals surface area contributed by atoms with E-state index in [1.54, 1.807) is 6.07 Å². The van der Waals surface area contributed by atoms with Crippen LogP contribution in [0.3, 0.4) is 0 Å². The SMILES string of the molecule is CC(Cl)c1nc2ccc(F)cc2n1Cc1ccc(Cl)cc1. The van der Waals surface area contributed by atoms with Crippen molar-refractivity contribution in [1.82, 2.24) is 9.55 Å². The fraction of sp³-hybridized carbons (Fsp3) is 0.188. The molecule has 1 unspecified atom stereocenters. The Morgan fingerprint density at radius 2 is 1.90 bits per heavy atom. The molecular formula is C16H13Cl2FN2. The molecule has 3 aromatic rings. The summed E-state index contributed by atoms with van der Waals surface area (Å²) in [5, 5.41) is 0.430. The maximum atomic E-state index is 13.5. The van der Waals surface area contributed by atoms with Gasteiger partial charge in [0.05, 0.1) is 16.4 Å². The van der Waals surface area contributed by atoms with Crippen LogP contribution in [-0.2, 0) is 6.54 Å². The van der Waals surface area contributed by atoms with Crippen molar-refractivity contribution in [3.63, 3.8) is 0 Å². The Balaban J connectivity index is 2.12. The highest BCUT2D eigenvalue weighted by Crippen LogP contribution is 2.26. The molecule has 0 spiro atoms. The van der Waals surface area contributed by atoms with Crippen LogP contribution < -0.4 is 0 Å². The molecule has 0 radical (unpaired) electrons. The van der Waals surface area contributed by atoms with Crippen molar-refractivity contribution in [2.75, 3.05) is 0 Å². The van der Waals surface area contributed by atoms with Crippen LogP contribution in [-0.4, -0.2) is 9.55 Å². The van der Waals surface area contributed by atoms with Gasteiger partial charge in [0.15, 0.2) is 0 Å². The summed E-state index contributed by atoms with van der Waals surface area (Å²) in [5.74, 6) is 0.445. The third kappa shape index (κ3) is 2.89. The molecule has 1 heterocycles. The second-order valence-corrected chi connectivity index (χ2v) is 6.02. The third-order valence-electron chi connectivity index (χ3n) is 3.35. The summed E-state index contributed by atoms with van der Waals surface area (Å²) in [5.41, 5.74) is 2.54. The topological polar surface area (TPSA) is 17.8 Å². The second kappa shape index (κ2) is 5.66. The fourth-order valence-corrected chi connectivity index (χ4v) is 2.65. The molecule has 0 aliphatic heterocycles. The molecule has 0 saturated carbocycles. The Labute approximate surface area is 132 Å². The Kier molecular flexibility index (Phi) is 3.87. The zero-order valence-electron chi connectivity index (χ0n) is 11.4. The Morgan fingerprint density at radius 3 is 2.57 bits per heavy atom. The first-order chi connectivity index (χ1) is 10.0. The highest BCUT2D eigenvalue weighted by atomic mass is 35.5. The van der Waals surface area contributed by atoms with E-state index in [1.807, 2.05) is 35.8 Å². The fourth-order valence-electron chi connectivity index (χ4n) is 2.36. The van der Waals surface area contributed by atoms with Gasteiger partial charge in [0, 0.05) is 11.6 Å². The van der Waals surface area contributed by atoms with Gasteiger partial charge in [0.1, 0.15) is 11.6 Å². The quantitative estimate of drug-likeness (QED) is 0.608. The van der Waals surface area contributed by atoms with Gasteiger partial charge in [0.2, 0.25) is 0 Å². The van der Waals surface area contributed by atoms with E-state index in [0.29, 0.717) is 11.6 Å². The molecule has 1 aromatic heterocycles. The summed E-state index contributed by atoms with van der Waals surface area (Å²) >= 11 is 12.1. The maximum absolute atomic E-state index is 13.5. The minimum absolute atomic E-state index is 0.257. The first kappa shape index (κ1) is 14.4. The molecule has 2 aromatic carbocycles. The second-order valence-electron chi connectivity index (χ2n) is 4.93. The van der Waals surface area contributed by atoms with Gasteiger partial charge >= 0.3 is 0 Å². The van der Waals surface area contributed by atoms with Gasteiger partial charge in [-0.2, -0.15) is 0 Å². The number of imidazole rings is 1. The lowest BCUT2D eigenvalue weighted by Crippen LogP contribution is -2.05. The smallest absolute Gasteiger partial charge is 0.128 e. The van der Waals surface area contributed by atoms with Gasteiger partial charge in [0.25, 0.3) is 0 Å². The highest BCUT2D eigenvalue weighted by Gasteiger charge is 2.15. The van der Waals surface area contributed by atoms with Crippen molar-refractivity contribution in [2.24, 2.45) is 0 Å². The molecule has 21 heavy (non-hydrogen) atoms. The summed E-state index contributed by atoms with van der Waals surface area (Å²) in [6.45, 7) is 2.43. The Hall–Kier alpha value is -1.58. The molecule has 0 aliphatic rings. The number of benzene rings is 2. The Morgan fingerprint density at radius 1 is 1.19 bits per heavy atom. The van der Waals surface area contributed by atoms with Crippen LogP contribution in [0.4, 0.5) is 4.39 Å². The number of halogens is 3. The standard InChI is InChI=1S/C16H13Cl2FN2/c1-10(17)16-20-14-7-6-13(19)8-15(14)21(16)9-11-2-4-12(18)5-3-11/h2-8,10H,9H2,1H3. The number of hydrogen-bond donors (Lipinski definition) is 0. The molecular weight excluding hydrogens is 310 g/mol. The molecule has 0 fully saturated rings. The molecule has 108 valence electrons. The highest BCUT2D eigenvalue weighted by molar-refractivity contribution is 6.30. The zero-order chi connectivity index (χ0) is 15.0. The van der Waals surface area contributed by atoms with Crippen LogP contribution >= 0.6 is 23.2 Å². The van der Waals surface area contributed by atoms with Gasteiger partial charge in [-0.3, -0.25) is 0 Å². The first-order valence-electron chi connectivity index (χ1n) is 6.59. The van der Waals surface area contributed by atoms with Crippen LogP contribution in [0.2, 0.25) is 5.02 Å². The molecule has 2 nitrogen and oxygen atoms in total. The largest absolute Gasteiger partial charge is 0.322 e. The van der Waals surface area contributed by atoms with Crippen molar-refractivity contribution >= 4 is 34.2 Å². The van der Waals surface area contributed by atoms with Crippen LogP contribution in [0.25, 0.3) is 11.0 Å². The monoisotopic (exact) mass is 322 g/mol. The lowest BCUT2D eigenvalue weighted by Gasteiger charge is -2.11. The Bertz CT molecular complexity index is 779. The lowest BCUT2D eigenvalue weighted by molar-refractivity contribution is 0.628. The van der Waals surface area contributed by atoms with E-state index in [-0.39, 0.29) is 11.2 Å². The van der Waals surface area contributed by atoms with Gasteiger partial charge in [-0.25, -0.2) is 9.37 Å². The van der Waals surface area contributed by atoms with Crippen LogP contribution in [0, 0.1) is 5.82 Å². The van der Waals surface area contributed by atoms with Crippen LogP contribution in [0.15, 0.2) is 42.5 Å². The summed E-state index contributed by atoms with van der Waals surface area (Å²) in [6, 6.07) is 12.1. The van der Waals surface area contributed by atoms with E-state index in [9.17, 15) is 4.39 Å². The lowest BCUT2D eigenvalue weighted by atomic mass is 10.2. The van der Waals surface area contributed by atoms with Gasteiger partial charge in [-0.1, -0.05) is 23.7 Å². The van der Waals surface area contributed by atoms with E-state index in [1.165, 1.54) is 12.1 Å². The predicted molar refractivity (Wildman–Crippen MR) is 84.5 cm³/mol. The van der Waals surface area contributed by atoms with Crippen molar-refractivity contribution in [3.8, 4) is 0 Å². The number of hydrogen-bond acceptors (Lipinski definition) is 1. The van der Waals surface area contributed by atoms with Crippen LogP contribution in [0.5, 0.6) is 0 Å². The average molecular weight is 323 g/mol. The summed E-state index contributed by atoms with van der Waals surface area (Å²) in [6.07, 6.45) is 0. The van der Waals surface area contributed by atoms with E-state index in [0.717, 1.165) is 22.4 Å². The molecule has 0 saturated heterocycles. The first-order valence-corrected chi connectivity index (χ1v) is 7.40. The van der Waals surface area contributed by atoms with Gasteiger partial charge in [-0.05, 0) is 42.8 Å². The number of nitrogens with zero attached hydrogens (tertiary/aromatic N) is 2. The average Bonchev–Trinajstić information content (AvgIpc) is 2.80. The van der Waals surface area contributed by atoms with Gasteiger partial charge in [-0.15, -0.1) is 11.6 Å². The normalized spacial score (nSPS) is 12.8. The number of rotatable bonds is 3. The van der Waals surface area contributed by atoms with Crippen molar-refractivity contribution < 1.29 is 4.39 Å². The van der Waals surface area contributed by atoms with Crippen LogP contribution in [0.1, 0.15) is 23.7 Å². The maximum Gasteiger partial charge on any atom is 0.128 e. The molecule has 0 aliphatic carbocycles. The van der Waals surface area contributed by atoms with E-state index in [4.69, 9.17) is 23.2 Å². The molecule has 0 amide bonds. The van der Waals surface area contributed by atoms with E-state index >= 15 is 0 Å². The molecule has 0 N–H and O–H groups in total. The number of fused-ring (bicyclic) bond motifs is 1. The summed E-state index contributed by atoms with van der Waals surface area (Å²) < 4.78 is 15.5. The number of alkyl halides is 1. The summed E-state index contributed by atoms with van der Waals surface area (Å²) in [4.78, 5) is 4.51. The zero-order valence-corrected chi connectivity index (χ0v) is 12.9. The van der Waals surface area contributed by atoms with Gasteiger partial charge < -0.3 is 4.57 Å².